The third-order valence-electron chi connectivity index (χ3n) is 5.74. The number of phenolic OH excluding ortho intramolecular Hbond substituents is 1. The number of carbonyl (C=O) groups is 3. The van der Waals surface area contributed by atoms with Crippen LogP contribution < -0.4 is 21.7 Å². The number of aromatic nitrogens is 1. The predicted molar refractivity (Wildman–Crippen MR) is 141 cm³/mol. The summed E-state index contributed by atoms with van der Waals surface area (Å²) >= 11 is 0.759. The standard InChI is InChI=1S/C26H31N5O4S/c1-4-16-7-5-6-8-19(16)31(26(35)23-20(27)21(24(28)33)30-36-23)22(17-9-11-18(32)12-10-17)25(34)29-14-13-15(2)3/h5-12,15,22,32H,4,13-14,27H2,1-3H3,(H2,28,33)(H,29,34)/t22-/m0/s1. The first-order chi connectivity index (χ1) is 17.1. The van der Waals surface area contributed by atoms with Crippen molar-refractivity contribution in [2.75, 3.05) is 17.2 Å². The third kappa shape index (κ3) is 5.83. The Morgan fingerprint density at radius 2 is 1.78 bits per heavy atom. The summed E-state index contributed by atoms with van der Waals surface area (Å²) in [6, 6.07) is 12.3. The second-order valence-corrected chi connectivity index (χ2v) is 9.54. The summed E-state index contributed by atoms with van der Waals surface area (Å²) in [5, 5.41) is 12.8. The van der Waals surface area contributed by atoms with Gasteiger partial charge in [-0.1, -0.05) is 51.1 Å². The molecule has 0 radical (unpaired) electrons. The third-order valence-corrected chi connectivity index (χ3v) is 6.59. The van der Waals surface area contributed by atoms with Crippen molar-refractivity contribution in [2.24, 2.45) is 11.7 Å². The van der Waals surface area contributed by atoms with Gasteiger partial charge >= 0.3 is 0 Å². The van der Waals surface area contributed by atoms with Crippen molar-refractivity contribution in [3.05, 3.63) is 70.2 Å². The minimum Gasteiger partial charge on any atom is -0.508 e. The molecule has 0 unspecified atom stereocenters. The van der Waals surface area contributed by atoms with Gasteiger partial charge in [0.15, 0.2) is 5.69 Å². The Bertz CT molecular complexity index is 1240. The van der Waals surface area contributed by atoms with Gasteiger partial charge in [0.2, 0.25) is 5.91 Å². The van der Waals surface area contributed by atoms with Crippen LogP contribution in [-0.4, -0.2) is 33.7 Å². The minimum atomic E-state index is -1.09. The molecule has 10 heteroatoms. The van der Waals surface area contributed by atoms with Crippen LogP contribution in [0, 0.1) is 5.92 Å². The van der Waals surface area contributed by atoms with Crippen molar-refractivity contribution in [1.29, 1.82) is 0 Å². The highest BCUT2D eigenvalue weighted by molar-refractivity contribution is 7.09. The maximum absolute atomic E-state index is 14.1. The largest absolute Gasteiger partial charge is 0.508 e. The van der Waals surface area contributed by atoms with E-state index in [1.54, 1.807) is 24.3 Å². The minimum absolute atomic E-state index is 0.00784. The molecular weight excluding hydrogens is 478 g/mol. The van der Waals surface area contributed by atoms with E-state index in [0.717, 1.165) is 23.5 Å². The molecule has 2 aromatic carbocycles. The average molecular weight is 510 g/mol. The Hall–Kier alpha value is -3.92. The molecule has 3 amide bonds. The zero-order valence-electron chi connectivity index (χ0n) is 20.5. The van der Waals surface area contributed by atoms with Crippen molar-refractivity contribution in [3.63, 3.8) is 0 Å². The van der Waals surface area contributed by atoms with E-state index in [-0.39, 0.29) is 27.9 Å². The van der Waals surface area contributed by atoms with Crippen LogP contribution in [0.4, 0.5) is 11.4 Å². The fourth-order valence-corrected chi connectivity index (χ4v) is 4.55. The number of amides is 3. The van der Waals surface area contributed by atoms with Gasteiger partial charge in [-0.25, -0.2) is 0 Å². The molecule has 0 aliphatic rings. The van der Waals surface area contributed by atoms with Crippen LogP contribution in [-0.2, 0) is 11.2 Å². The number of anilines is 2. The molecule has 0 fully saturated rings. The van der Waals surface area contributed by atoms with Crippen molar-refractivity contribution in [1.82, 2.24) is 9.69 Å². The highest BCUT2D eigenvalue weighted by Gasteiger charge is 2.36. The van der Waals surface area contributed by atoms with Crippen LogP contribution in [0.5, 0.6) is 5.75 Å². The molecule has 0 saturated heterocycles. The number of benzene rings is 2. The Balaban J connectivity index is 2.20. The molecule has 1 heterocycles. The summed E-state index contributed by atoms with van der Waals surface area (Å²) in [5.74, 6) is -1.42. The van der Waals surface area contributed by atoms with Crippen LogP contribution in [0.15, 0.2) is 48.5 Å². The Morgan fingerprint density at radius 1 is 1.11 bits per heavy atom. The monoisotopic (exact) mass is 509 g/mol. The zero-order valence-corrected chi connectivity index (χ0v) is 21.3. The molecule has 9 nitrogen and oxygen atoms in total. The lowest BCUT2D eigenvalue weighted by atomic mass is 10.00. The number of nitrogens with two attached hydrogens (primary N) is 2. The van der Waals surface area contributed by atoms with Gasteiger partial charge in [-0.2, -0.15) is 4.37 Å². The number of nitrogens with zero attached hydrogens (tertiary/aromatic N) is 2. The first kappa shape index (κ1) is 26.7. The Morgan fingerprint density at radius 3 is 2.36 bits per heavy atom. The number of carbonyl (C=O) groups excluding carboxylic acids is 3. The van der Waals surface area contributed by atoms with Crippen molar-refractivity contribution < 1.29 is 19.5 Å². The zero-order chi connectivity index (χ0) is 26.4. The molecule has 1 atom stereocenters. The number of hydrogen-bond donors (Lipinski definition) is 4. The van der Waals surface area contributed by atoms with Crippen LogP contribution in [0.3, 0.4) is 0 Å². The van der Waals surface area contributed by atoms with Crippen LogP contribution >= 0.6 is 11.5 Å². The quantitative estimate of drug-likeness (QED) is 0.327. The van der Waals surface area contributed by atoms with Crippen molar-refractivity contribution >= 4 is 40.6 Å². The SMILES string of the molecule is CCc1ccccc1N(C(=O)c1snc(C(N)=O)c1N)[C@H](C(=O)NCCC(C)C)c1ccc(O)cc1. The molecule has 0 saturated carbocycles. The fraction of sp³-hybridized carbons (Fsp3) is 0.308. The molecule has 6 N–H and O–H groups in total. The second kappa shape index (κ2) is 11.7. The first-order valence-electron chi connectivity index (χ1n) is 11.7. The lowest BCUT2D eigenvalue weighted by molar-refractivity contribution is -0.122. The summed E-state index contributed by atoms with van der Waals surface area (Å²) in [4.78, 5) is 40.9. The van der Waals surface area contributed by atoms with E-state index in [9.17, 15) is 19.5 Å². The molecule has 3 rings (SSSR count). The van der Waals surface area contributed by atoms with E-state index in [0.29, 0.717) is 30.1 Å². The lowest BCUT2D eigenvalue weighted by Crippen LogP contribution is -2.44. The number of primary amides is 1. The molecule has 190 valence electrons. The Labute approximate surface area is 214 Å². The van der Waals surface area contributed by atoms with E-state index in [1.165, 1.54) is 17.0 Å². The van der Waals surface area contributed by atoms with Crippen LogP contribution in [0.2, 0.25) is 0 Å². The number of aryl methyl sites for hydroxylation is 1. The lowest BCUT2D eigenvalue weighted by Gasteiger charge is -2.32. The molecule has 0 spiro atoms. The van der Waals surface area contributed by atoms with Crippen LogP contribution in [0.1, 0.15) is 64.5 Å². The normalized spacial score (nSPS) is 11.8. The molecule has 1 aromatic heterocycles. The van der Waals surface area contributed by atoms with Crippen molar-refractivity contribution in [3.8, 4) is 5.75 Å². The van der Waals surface area contributed by atoms with E-state index in [4.69, 9.17) is 11.5 Å². The van der Waals surface area contributed by atoms with Crippen LogP contribution in [0.25, 0.3) is 0 Å². The molecule has 0 aliphatic carbocycles. The van der Waals surface area contributed by atoms with Gasteiger partial charge in [-0.3, -0.25) is 19.3 Å². The highest BCUT2D eigenvalue weighted by atomic mass is 32.1. The number of para-hydroxylation sites is 1. The summed E-state index contributed by atoms with van der Waals surface area (Å²) in [7, 11) is 0. The van der Waals surface area contributed by atoms with E-state index >= 15 is 0 Å². The van der Waals surface area contributed by atoms with Crippen molar-refractivity contribution in [2.45, 2.75) is 39.7 Å². The summed E-state index contributed by atoms with van der Waals surface area (Å²) in [5.41, 5.74) is 13.0. The van der Waals surface area contributed by atoms with Gasteiger partial charge in [0.1, 0.15) is 16.7 Å². The summed E-state index contributed by atoms with van der Waals surface area (Å²) < 4.78 is 3.97. The van der Waals surface area contributed by atoms with Gasteiger partial charge in [0.25, 0.3) is 11.8 Å². The topological polar surface area (TPSA) is 152 Å². The van der Waals surface area contributed by atoms with E-state index < -0.39 is 17.9 Å². The number of aromatic hydroxyl groups is 1. The summed E-state index contributed by atoms with van der Waals surface area (Å²) in [6.07, 6.45) is 1.36. The number of phenols is 1. The molecule has 0 bridgehead atoms. The number of rotatable bonds is 10. The van der Waals surface area contributed by atoms with Gasteiger partial charge in [-0.05, 0) is 59.6 Å². The average Bonchev–Trinajstić information content (AvgIpc) is 3.24. The van der Waals surface area contributed by atoms with Gasteiger partial charge < -0.3 is 21.9 Å². The maximum Gasteiger partial charge on any atom is 0.273 e. The smallest absolute Gasteiger partial charge is 0.273 e. The fourth-order valence-electron chi connectivity index (χ4n) is 3.80. The molecular formula is C26H31N5O4S. The predicted octanol–water partition coefficient (Wildman–Crippen LogP) is 3.64. The van der Waals surface area contributed by atoms with E-state index in [2.05, 4.69) is 23.5 Å². The number of nitrogens with one attached hydrogen (secondary N) is 1. The van der Waals surface area contributed by atoms with E-state index in [1.807, 2.05) is 19.1 Å². The highest BCUT2D eigenvalue weighted by Crippen LogP contribution is 2.35. The number of hydrogen-bond acceptors (Lipinski definition) is 7. The maximum atomic E-state index is 14.1. The Kier molecular flexibility index (Phi) is 8.65. The first-order valence-corrected chi connectivity index (χ1v) is 12.5. The van der Waals surface area contributed by atoms with Gasteiger partial charge in [0, 0.05) is 12.2 Å². The summed E-state index contributed by atoms with van der Waals surface area (Å²) in [6.45, 7) is 6.49. The van der Waals surface area contributed by atoms with Gasteiger partial charge in [0.05, 0.1) is 5.69 Å². The molecule has 0 aliphatic heterocycles. The van der Waals surface area contributed by atoms with Gasteiger partial charge in [-0.15, -0.1) is 0 Å². The second-order valence-electron chi connectivity index (χ2n) is 8.76. The molecule has 3 aromatic rings. The number of nitrogen functional groups attached to an aromatic ring is 1. The molecule has 36 heavy (non-hydrogen) atoms.